The lowest BCUT2D eigenvalue weighted by Gasteiger charge is -2.08. The summed E-state index contributed by atoms with van der Waals surface area (Å²) < 4.78 is 0. The predicted molar refractivity (Wildman–Crippen MR) is 100 cm³/mol. The normalized spacial score (nSPS) is 10.7. The zero-order chi connectivity index (χ0) is 16.1. The van der Waals surface area contributed by atoms with Gasteiger partial charge in [-0.25, -0.2) is 0 Å². The van der Waals surface area contributed by atoms with Crippen LogP contribution in [0.2, 0.25) is 0 Å². The van der Waals surface area contributed by atoms with E-state index >= 15 is 0 Å². The van der Waals surface area contributed by atoms with Crippen LogP contribution in [0.15, 0.2) is 82.6 Å². The van der Waals surface area contributed by atoms with E-state index in [-0.39, 0.29) is 0 Å². The summed E-state index contributed by atoms with van der Waals surface area (Å²) in [4.78, 5) is 2.59. The zero-order valence-electron chi connectivity index (χ0n) is 13.8. The largest absolute Gasteiger partial charge is 0.0901 e. The molecule has 0 aliphatic carbocycles. The Hall–Kier alpha value is -1.99. The molecule has 0 spiro atoms. The van der Waals surface area contributed by atoms with Gasteiger partial charge in [0.2, 0.25) is 0 Å². The fourth-order valence-corrected chi connectivity index (χ4v) is 3.53. The molecule has 3 aromatic carbocycles. The molecule has 0 radical (unpaired) electrons. The molecular formula is C22H22S. The lowest BCUT2D eigenvalue weighted by atomic mass is 9.99. The van der Waals surface area contributed by atoms with E-state index in [1.165, 1.54) is 32.0 Å². The summed E-state index contributed by atoms with van der Waals surface area (Å²) in [7, 11) is 0. The molecule has 0 heterocycles. The van der Waals surface area contributed by atoms with Crippen LogP contribution in [0.5, 0.6) is 0 Å². The Kier molecular flexibility index (Phi) is 5.19. The first-order chi connectivity index (χ1) is 11.2. The van der Waals surface area contributed by atoms with Crippen molar-refractivity contribution in [3.63, 3.8) is 0 Å². The molecular weight excluding hydrogens is 296 g/mol. The molecule has 0 unspecified atom stereocenters. The second-order valence-corrected chi connectivity index (χ2v) is 7.14. The van der Waals surface area contributed by atoms with Crippen molar-refractivity contribution in [2.45, 2.75) is 36.5 Å². The smallest absolute Gasteiger partial charge is 0.0122 e. The molecule has 116 valence electrons. The quantitative estimate of drug-likeness (QED) is 0.536. The molecule has 0 aromatic heterocycles. The molecule has 3 aromatic rings. The maximum atomic E-state index is 2.31. The Balaban J connectivity index is 1.62. The standard InChI is InChI=1S/C22H22S/c1-17-8-9-18(2)20(16-17)13-10-19-11-14-22(15-12-19)23-21-6-4-3-5-7-21/h3-9,11-12,14-16H,10,13H2,1-2H3. The number of rotatable bonds is 5. The van der Waals surface area contributed by atoms with Crippen molar-refractivity contribution >= 4 is 11.8 Å². The van der Waals surface area contributed by atoms with Gasteiger partial charge in [0.15, 0.2) is 0 Å². The number of hydrogen-bond donors (Lipinski definition) is 0. The first kappa shape index (κ1) is 15.9. The van der Waals surface area contributed by atoms with Crippen molar-refractivity contribution in [1.82, 2.24) is 0 Å². The molecule has 0 nitrogen and oxygen atoms in total. The van der Waals surface area contributed by atoms with Crippen molar-refractivity contribution in [3.8, 4) is 0 Å². The van der Waals surface area contributed by atoms with E-state index in [4.69, 9.17) is 0 Å². The molecule has 0 amide bonds. The van der Waals surface area contributed by atoms with Crippen LogP contribution in [-0.2, 0) is 12.8 Å². The van der Waals surface area contributed by atoms with Crippen LogP contribution in [-0.4, -0.2) is 0 Å². The van der Waals surface area contributed by atoms with Crippen LogP contribution in [0.1, 0.15) is 22.3 Å². The molecule has 0 atom stereocenters. The van der Waals surface area contributed by atoms with Crippen molar-refractivity contribution in [2.24, 2.45) is 0 Å². The molecule has 0 fully saturated rings. The third kappa shape index (κ3) is 4.49. The van der Waals surface area contributed by atoms with E-state index in [0.29, 0.717) is 0 Å². The predicted octanol–water partition coefficient (Wildman–Crippen LogP) is 6.24. The first-order valence-electron chi connectivity index (χ1n) is 8.09. The Labute approximate surface area is 143 Å². The summed E-state index contributed by atoms with van der Waals surface area (Å²) in [5.74, 6) is 0. The molecule has 0 N–H and O–H groups in total. The van der Waals surface area contributed by atoms with Gasteiger partial charge in [0, 0.05) is 9.79 Å². The van der Waals surface area contributed by atoms with E-state index in [1.807, 2.05) is 11.8 Å². The van der Waals surface area contributed by atoms with Crippen molar-refractivity contribution in [1.29, 1.82) is 0 Å². The summed E-state index contributed by atoms with van der Waals surface area (Å²) in [6, 6.07) is 26.2. The second kappa shape index (κ2) is 7.52. The van der Waals surface area contributed by atoms with Crippen LogP contribution in [0.25, 0.3) is 0 Å². The van der Waals surface area contributed by atoms with Gasteiger partial charge in [-0.05, 0) is 67.6 Å². The van der Waals surface area contributed by atoms with Crippen molar-refractivity contribution < 1.29 is 0 Å². The fraction of sp³-hybridized carbons (Fsp3) is 0.182. The van der Waals surface area contributed by atoms with E-state index in [0.717, 1.165) is 12.8 Å². The van der Waals surface area contributed by atoms with Gasteiger partial charge in [-0.2, -0.15) is 0 Å². The topological polar surface area (TPSA) is 0 Å². The minimum atomic E-state index is 1.10. The first-order valence-corrected chi connectivity index (χ1v) is 8.90. The Bertz CT molecular complexity index is 758. The highest BCUT2D eigenvalue weighted by atomic mass is 32.2. The Morgan fingerprint density at radius 2 is 1.39 bits per heavy atom. The van der Waals surface area contributed by atoms with Crippen LogP contribution in [0.4, 0.5) is 0 Å². The summed E-state index contributed by atoms with van der Waals surface area (Å²) in [6.07, 6.45) is 2.21. The Morgan fingerprint density at radius 1 is 0.696 bits per heavy atom. The van der Waals surface area contributed by atoms with Crippen LogP contribution in [0, 0.1) is 13.8 Å². The van der Waals surface area contributed by atoms with Gasteiger partial charge in [0.05, 0.1) is 0 Å². The fourth-order valence-electron chi connectivity index (χ4n) is 2.70. The SMILES string of the molecule is Cc1ccc(C)c(CCc2ccc(Sc3ccccc3)cc2)c1. The van der Waals surface area contributed by atoms with Crippen LogP contribution < -0.4 is 0 Å². The number of benzene rings is 3. The lowest BCUT2D eigenvalue weighted by Crippen LogP contribution is -1.95. The van der Waals surface area contributed by atoms with Gasteiger partial charge in [0.25, 0.3) is 0 Å². The maximum absolute atomic E-state index is 2.31. The van der Waals surface area contributed by atoms with Gasteiger partial charge in [0.1, 0.15) is 0 Å². The molecule has 23 heavy (non-hydrogen) atoms. The molecule has 0 saturated heterocycles. The molecule has 0 aliphatic heterocycles. The summed E-state index contributed by atoms with van der Waals surface area (Å²) >= 11 is 1.82. The monoisotopic (exact) mass is 318 g/mol. The van der Waals surface area contributed by atoms with Crippen molar-refractivity contribution in [3.05, 3.63) is 95.1 Å². The van der Waals surface area contributed by atoms with Crippen LogP contribution in [0.3, 0.4) is 0 Å². The minimum absolute atomic E-state index is 1.10. The van der Waals surface area contributed by atoms with Gasteiger partial charge < -0.3 is 0 Å². The third-order valence-electron chi connectivity index (χ3n) is 4.09. The van der Waals surface area contributed by atoms with Gasteiger partial charge in [-0.3, -0.25) is 0 Å². The highest BCUT2D eigenvalue weighted by Gasteiger charge is 2.01. The zero-order valence-corrected chi connectivity index (χ0v) is 14.6. The van der Waals surface area contributed by atoms with Gasteiger partial charge >= 0.3 is 0 Å². The lowest BCUT2D eigenvalue weighted by molar-refractivity contribution is 0.944. The van der Waals surface area contributed by atoms with E-state index in [2.05, 4.69) is 86.6 Å². The number of hydrogen-bond acceptors (Lipinski definition) is 1. The maximum Gasteiger partial charge on any atom is 0.0122 e. The molecule has 0 saturated carbocycles. The van der Waals surface area contributed by atoms with E-state index < -0.39 is 0 Å². The second-order valence-electron chi connectivity index (χ2n) is 5.99. The molecule has 0 aliphatic rings. The average molecular weight is 318 g/mol. The Morgan fingerprint density at radius 3 is 2.13 bits per heavy atom. The highest BCUT2D eigenvalue weighted by Crippen LogP contribution is 2.27. The number of aryl methyl sites for hydroxylation is 4. The molecule has 3 rings (SSSR count). The summed E-state index contributed by atoms with van der Waals surface area (Å²) in [5.41, 5.74) is 5.61. The summed E-state index contributed by atoms with van der Waals surface area (Å²) in [5, 5.41) is 0. The van der Waals surface area contributed by atoms with E-state index in [1.54, 1.807) is 0 Å². The van der Waals surface area contributed by atoms with E-state index in [9.17, 15) is 0 Å². The average Bonchev–Trinajstić information content (AvgIpc) is 2.58. The van der Waals surface area contributed by atoms with Crippen molar-refractivity contribution in [2.75, 3.05) is 0 Å². The van der Waals surface area contributed by atoms with Gasteiger partial charge in [-0.1, -0.05) is 65.9 Å². The third-order valence-corrected chi connectivity index (χ3v) is 5.11. The summed E-state index contributed by atoms with van der Waals surface area (Å²) in [6.45, 7) is 4.37. The molecule has 0 bridgehead atoms. The van der Waals surface area contributed by atoms with Crippen LogP contribution >= 0.6 is 11.8 Å². The van der Waals surface area contributed by atoms with Gasteiger partial charge in [-0.15, -0.1) is 0 Å². The molecule has 1 heteroatoms. The highest BCUT2D eigenvalue weighted by molar-refractivity contribution is 7.99. The minimum Gasteiger partial charge on any atom is -0.0901 e.